The smallest absolute Gasteiger partial charge is 0.150 e. The van der Waals surface area contributed by atoms with Crippen molar-refractivity contribution in [2.75, 3.05) is 9.80 Å². The molecular formula is C38H30N2O. The number of carbonyl (C=O) groups is 1. The molecule has 6 aromatic rings. The Morgan fingerprint density at radius 3 is 1.07 bits per heavy atom. The zero-order valence-electron chi connectivity index (χ0n) is 22.9. The van der Waals surface area contributed by atoms with Crippen LogP contribution in [0.3, 0.4) is 0 Å². The standard InChI is InChI=1S/C38H30N2O/c1-29-12-20-35(21-13-29)39(33-8-4-2-5-9-33)37-24-16-31(17-25-37)32-18-26-38(27-19-32)40(34-10-6-3-7-11-34)36-22-14-30(28-41)15-23-36/h2-28H,1H3. The van der Waals surface area contributed by atoms with Gasteiger partial charge < -0.3 is 9.80 Å². The average molecular weight is 531 g/mol. The fourth-order valence-corrected chi connectivity index (χ4v) is 5.05. The Kier molecular flexibility index (Phi) is 7.42. The SMILES string of the molecule is Cc1ccc(N(c2ccccc2)c2ccc(-c3ccc(N(c4ccccc4)c4ccc(C=O)cc4)cc3)cc2)cc1. The third-order valence-electron chi connectivity index (χ3n) is 7.19. The van der Waals surface area contributed by atoms with Gasteiger partial charge in [0.2, 0.25) is 0 Å². The zero-order chi connectivity index (χ0) is 28.0. The van der Waals surface area contributed by atoms with Crippen LogP contribution in [0.4, 0.5) is 34.1 Å². The van der Waals surface area contributed by atoms with E-state index in [2.05, 4.69) is 126 Å². The van der Waals surface area contributed by atoms with E-state index in [1.807, 2.05) is 48.5 Å². The minimum absolute atomic E-state index is 0.661. The molecule has 0 heterocycles. The molecule has 6 aromatic carbocycles. The minimum Gasteiger partial charge on any atom is -0.311 e. The van der Waals surface area contributed by atoms with Crippen LogP contribution in [0.15, 0.2) is 158 Å². The first-order valence-corrected chi connectivity index (χ1v) is 13.7. The second-order valence-electron chi connectivity index (χ2n) is 9.98. The summed E-state index contributed by atoms with van der Waals surface area (Å²) in [6.45, 7) is 2.11. The fourth-order valence-electron chi connectivity index (χ4n) is 5.05. The first kappa shape index (κ1) is 25.8. The largest absolute Gasteiger partial charge is 0.311 e. The number of anilines is 6. The lowest BCUT2D eigenvalue weighted by molar-refractivity contribution is 0.112. The lowest BCUT2D eigenvalue weighted by atomic mass is 10.0. The van der Waals surface area contributed by atoms with Crippen molar-refractivity contribution in [2.45, 2.75) is 6.92 Å². The van der Waals surface area contributed by atoms with Gasteiger partial charge in [-0.1, -0.05) is 78.4 Å². The van der Waals surface area contributed by atoms with Crippen LogP contribution >= 0.6 is 0 Å². The van der Waals surface area contributed by atoms with Gasteiger partial charge in [-0.05, 0) is 103 Å². The molecule has 0 aromatic heterocycles. The van der Waals surface area contributed by atoms with Crippen LogP contribution in [0.2, 0.25) is 0 Å². The van der Waals surface area contributed by atoms with E-state index in [4.69, 9.17) is 0 Å². The second-order valence-corrected chi connectivity index (χ2v) is 9.98. The van der Waals surface area contributed by atoms with Gasteiger partial charge in [0, 0.05) is 39.7 Å². The number of hydrogen-bond donors (Lipinski definition) is 0. The van der Waals surface area contributed by atoms with Crippen molar-refractivity contribution in [2.24, 2.45) is 0 Å². The van der Waals surface area contributed by atoms with E-state index in [0.29, 0.717) is 5.56 Å². The van der Waals surface area contributed by atoms with Crippen molar-refractivity contribution in [1.82, 2.24) is 0 Å². The summed E-state index contributed by atoms with van der Waals surface area (Å²) in [6, 6.07) is 54.4. The van der Waals surface area contributed by atoms with Gasteiger partial charge in [0.1, 0.15) is 6.29 Å². The molecule has 0 bridgehead atoms. The van der Waals surface area contributed by atoms with E-state index < -0.39 is 0 Å². The molecule has 0 saturated heterocycles. The van der Waals surface area contributed by atoms with Crippen LogP contribution in [0.5, 0.6) is 0 Å². The van der Waals surface area contributed by atoms with Gasteiger partial charge in [0.15, 0.2) is 0 Å². The zero-order valence-corrected chi connectivity index (χ0v) is 22.9. The Morgan fingerprint density at radius 2 is 0.707 bits per heavy atom. The summed E-state index contributed by atoms with van der Waals surface area (Å²) in [5.74, 6) is 0. The maximum absolute atomic E-state index is 11.2. The Labute approximate surface area is 241 Å². The van der Waals surface area contributed by atoms with E-state index in [1.165, 1.54) is 5.56 Å². The first-order valence-electron chi connectivity index (χ1n) is 13.7. The van der Waals surface area contributed by atoms with E-state index >= 15 is 0 Å². The number of rotatable bonds is 8. The maximum atomic E-state index is 11.2. The highest BCUT2D eigenvalue weighted by Gasteiger charge is 2.14. The van der Waals surface area contributed by atoms with E-state index in [1.54, 1.807) is 0 Å². The molecule has 0 unspecified atom stereocenters. The highest BCUT2D eigenvalue weighted by atomic mass is 16.1. The summed E-state index contributed by atoms with van der Waals surface area (Å²) in [4.78, 5) is 15.7. The van der Waals surface area contributed by atoms with Crippen LogP contribution < -0.4 is 9.80 Å². The molecule has 0 amide bonds. The monoisotopic (exact) mass is 530 g/mol. The third-order valence-corrected chi connectivity index (χ3v) is 7.19. The quantitative estimate of drug-likeness (QED) is 0.183. The molecule has 0 aliphatic carbocycles. The van der Waals surface area contributed by atoms with Crippen molar-refractivity contribution in [3.63, 3.8) is 0 Å². The lowest BCUT2D eigenvalue weighted by Gasteiger charge is -2.26. The molecule has 0 aliphatic heterocycles. The predicted molar refractivity (Wildman–Crippen MR) is 171 cm³/mol. The van der Waals surface area contributed by atoms with Crippen LogP contribution in [-0.2, 0) is 0 Å². The molecule has 41 heavy (non-hydrogen) atoms. The normalized spacial score (nSPS) is 10.7. The molecule has 0 spiro atoms. The Bertz CT molecular complexity index is 1710. The third kappa shape index (κ3) is 5.66. The Hall–Kier alpha value is -5.41. The van der Waals surface area contributed by atoms with Gasteiger partial charge in [-0.25, -0.2) is 0 Å². The molecule has 0 aliphatic rings. The number of aldehydes is 1. The van der Waals surface area contributed by atoms with Crippen molar-refractivity contribution in [1.29, 1.82) is 0 Å². The second kappa shape index (κ2) is 11.8. The van der Waals surface area contributed by atoms with E-state index in [9.17, 15) is 4.79 Å². The number of hydrogen-bond acceptors (Lipinski definition) is 3. The van der Waals surface area contributed by atoms with Gasteiger partial charge in [-0.15, -0.1) is 0 Å². The van der Waals surface area contributed by atoms with Crippen LogP contribution in [0.1, 0.15) is 15.9 Å². The molecule has 0 N–H and O–H groups in total. The predicted octanol–water partition coefficient (Wildman–Crippen LogP) is 10.4. The van der Waals surface area contributed by atoms with Gasteiger partial charge in [0.05, 0.1) is 0 Å². The van der Waals surface area contributed by atoms with Crippen molar-refractivity contribution in [3.05, 3.63) is 169 Å². The highest BCUT2D eigenvalue weighted by molar-refractivity contribution is 5.82. The number of carbonyl (C=O) groups excluding carboxylic acids is 1. The van der Waals surface area contributed by atoms with Crippen LogP contribution in [-0.4, -0.2) is 6.29 Å². The molecule has 0 saturated carbocycles. The molecule has 198 valence electrons. The number of benzene rings is 6. The van der Waals surface area contributed by atoms with E-state index in [-0.39, 0.29) is 0 Å². The Balaban J connectivity index is 1.31. The molecule has 3 nitrogen and oxygen atoms in total. The van der Waals surface area contributed by atoms with Gasteiger partial charge >= 0.3 is 0 Å². The molecule has 0 atom stereocenters. The summed E-state index contributed by atoms with van der Waals surface area (Å²) in [5.41, 5.74) is 10.6. The summed E-state index contributed by atoms with van der Waals surface area (Å²) in [5, 5.41) is 0. The molecular weight excluding hydrogens is 500 g/mol. The molecule has 6 rings (SSSR count). The van der Waals surface area contributed by atoms with Crippen LogP contribution in [0.25, 0.3) is 11.1 Å². The van der Waals surface area contributed by atoms with Gasteiger partial charge in [0.25, 0.3) is 0 Å². The van der Waals surface area contributed by atoms with Gasteiger partial charge in [-0.2, -0.15) is 0 Å². The number of aryl methyl sites for hydroxylation is 1. The topological polar surface area (TPSA) is 23.6 Å². The summed E-state index contributed by atoms with van der Waals surface area (Å²) < 4.78 is 0. The van der Waals surface area contributed by atoms with Gasteiger partial charge in [-0.3, -0.25) is 4.79 Å². The first-order chi connectivity index (χ1) is 20.2. The van der Waals surface area contributed by atoms with Crippen molar-refractivity contribution in [3.8, 4) is 11.1 Å². The molecule has 0 fully saturated rings. The number of nitrogens with zero attached hydrogens (tertiary/aromatic N) is 2. The lowest BCUT2D eigenvalue weighted by Crippen LogP contribution is -2.10. The minimum atomic E-state index is 0.661. The summed E-state index contributed by atoms with van der Waals surface area (Å²) in [7, 11) is 0. The molecule has 0 radical (unpaired) electrons. The number of para-hydroxylation sites is 2. The van der Waals surface area contributed by atoms with E-state index in [0.717, 1.165) is 51.5 Å². The fraction of sp³-hybridized carbons (Fsp3) is 0.0263. The maximum Gasteiger partial charge on any atom is 0.150 e. The Morgan fingerprint density at radius 1 is 0.390 bits per heavy atom. The van der Waals surface area contributed by atoms with Crippen molar-refractivity contribution >= 4 is 40.4 Å². The highest BCUT2D eigenvalue weighted by Crippen LogP contribution is 2.37. The average Bonchev–Trinajstić information content (AvgIpc) is 3.04. The summed E-state index contributed by atoms with van der Waals surface area (Å²) in [6.07, 6.45) is 0.872. The summed E-state index contributed by atoms with van der Waals surface area (Å²) >= 11 is 0. The van der Waals surface area contributed by atoms with Crippen LogP contribution in [0, 0.1) is 6.92 Å². The molecule has 3 heteroatoms. The van der Waals surface area contributed by atoms with Crippen molar-refractivity contribution < 1.29 is 4.79 Å².